The summed E-state index contributed by atoms with van der Waals surface area (Å²) in [7, 11) is 3.14. The first-order valence-corrected chi connectivity index (χ1v) is 12.9. The van der Waals surface area contributed by atoms with Gasteiger partial charge in [0, 0.05) is 24.6 Å². The monoisotopic (exact) mass is 541 g/mol. The van der Waals surface area contributed by atoms with Crippen molar-refractivity contribution >= 4 is 32.7 Å². The second-order valence-electron chi connectivity index (χ2n) is 8.98. The molecule has 1 aliphatic rings. The van der Waals surface area contributed by atoms with Gasteiger partial charge >= 0.3 is 0 Å². The van der Waals surface area contributed by atoms with Gasteiger partial charge < -0.3 is 14.4 Å². The highest BCUT2D eigenvalue weighted by atomic mass is 79.9. The van der Waals surface area contributed by atoms with Gasteiger partial charge in [-0.3, -0.25) is 14.2 Å². The summed E-state index contributed by atoms with van der Waals surface area (Å²) < 4.78 is 13.2. The van der Waals surface area contributed by atoms with E-state index in [0.29, 0.717) is 44.9 Å². The lowest BCUT2D eigenvalue weighted by molar-refractivity contribution is -0.135. The molecule has 35 heavy (non-hydrogen) atoms. The molecule has 0 N–H and O–H groups in total. The van der Waals surface area contributed by atoms with Crippen molar-refractivity contribution < 1.29 is 14.3 Å². The molecule has 186 valence electrons. The molecule has 1 atom stereocenters. The fourth-order valence-electron chi connectivity index (χ4n) is 4.38. The summed E-state index contributed by atoms with van der Waals surface area (Å²) in [5, 5.41) is 0.503. The molecular weight excluding hydrogens is 510 g/mol. The highest BCUT2D eigenvalue weighted by Crippen LogP contribution is 2.38. The molecule has 1 unspecified atom stereocenters. The van der Waals surface area contributed by atoms with Crippen LogP contribution in [-0.4, -0.2) is 41.1 Å². The summed E-state index contributed by atoms with van der Waals surface area (Å²) in [6, 6.07) is 10.4. The van der Waals surface area contributed by atoms with Gasteiger partial charge in [-0.25, -0.2) is 4.98 Å². The van der Waals surface area contributed by atoms with Crippen LogP contribution in [0.3, 0.4) is 0 Å². The number of carbonyl (C=O) groups is 1. The lowest BCUT2D eigenvalue weighted by Gasteiger charge is -2.31. The third-order valence-corrected chi connectivity index (χ3v) is 7.34. The Morgan fingerprint density at radius 1 is 1.20 bits per heavy atom. The number of hydrogen-bond donors (Lipinski definition) is 0. The van der Waals surface area contributed by atoms with E-state index >= 15 is 0 Å². The van der Waals surface area contributed by atoms with Gasteiger partial charge in [0.1, 0.15) is 17.3 Å². The Morgan fingerprint density at radius 2 is 1.94 bits per heavy atom. The van der Waals surface area contributed by atoms with E-state index in [2.05, 4.69) is 22.9 Å². The van der Waals surface area contributed by atoms with E-state index < -0.39 is 6.04 Å². The SMILES string of the molecule is CCCCCN(C(=O)C1CC1)C(C)c1nc2ccccc2c(=O)n1-c1cc(OC)cc(OC)c1Br. The van der Waals surface area contributed by atoms with Crippen molar-refractivity contribution in [3.8, 4) is 17.2 Å². The zero-order valence-electron chi connectivity index (χ0n) is 20.7. The van der Waals surface area contributed by atoms with Crippen LogP contribution in [0.25, 0.3) is 16.6 Å². The number of methoxy groups -OCH3 is 2. The van der Waals surface area contributed by atoms with Crippen molar-refractivity contribution in [1.82, 2.24) is 14.5 Å². The zero-order chi connectivity index (χ0) is 25.1. The highest BCUT2D eigenvalue weighted by molar-refractivity contribution is 9.10. The van der Waals surface area contributed by atoms with Crippen molar-refractivity contribution in [2.75, 3.05) is 20.8 Å². The van der Waals surface area contributed by atoms with Gasteiger partial charge in [-0.2, -0.15) is 0 Å². The lowest BCUT2D eigenvalue weighted by atomic mass is 10.1. The summed E-state index contributed by atoms with van der Waals surface area (Å²) >= 11 is 3.62. The van der Waals surface area contributed by atoms with E-state index in [1.165, 1.54) is 0 Å². The summed E-state index contributed by atoms with van der Waals surface area (Å²) in [6.07, 6.45) is 4.86. The number of nitrogens with zero attached hydrogens (tertiary/aromatic N) is 3. The number of rotatable bonds is 10. The summed E-state index contributed by atoms with van der Waals surface area (Å²) in [5.74, 6) is 1.81. The largest absolute Gasteiger partial charge is 0.497 e. The van der Waals surface area contributed by atoms with Crippen LogP contribution in [-0.2, 0) is 4.79 Å². The van der Waals surface area contributed by atoms with Crippen molar-refractivity contribution in [2.24, 2.45) is 5.92 Å². The van der Waals surface area contributed by atoms with Gasteiger partial charge in [0.15, 0.2) is 0 Å². The van der Waals surface area contributed by atoms with Crippen LogP contribution in [0.2, 0.25) is 0 Å². The molecule has 1 aliphatic carbocycles. The number of ether oxygens (including phenoxy) is 2. The topological polar surface area (TPSA) is 73.7 Å². The number of para-hydroxylation sites is 1. The maximum absolute atomic E-state index is 13.9. The molecule has 1 fully saturated rings. The summed E-state index contributed by atoms with van der Waals surface area (Å²) in [5.41, 5.74) is 0.952. The van der Waals surface area contributed by atoms with E-state index in [4.69, 9.17) is 14.5 Å². The van der Waals surface area contributed by atoms with Gasteiger partial charge in [-0.1, -0.05) is 31.9 Å². The number of carbonyl (C=O) groups excluding carboxylic acids is 1. The Balaban J connectivity index is 1.95. The van der Waals surface area contributed by atoms with Crippen molar-refractivity contribution in [1.29, 1.82) is 0 Å². The zero-order valence-corrected chi connectivity index (χ0v) is 22.3. The van der Waals surface area contributed by atoms with Crippen LogP contribution in [0.15, 0.2) is 45.7 Å². The summed E-state index contributed by atoms with van der Waals surface area (Å²) in [4.78, 5) is 34.1. The number of fused-ring (bicyclic) bond motifs is 1. The van der Waals surface area contributed by atoms with Crippen LogP contribution >= 0.6 is 15.9 Å². The number of hydrogen-bond acceptors (Lipinski definition) is 5. The number of unbranched alkanes of at least 4 members (excludes halogenated alkanes) is 2. The van der Waals surface area contributed by atoms with Gasteiger partial charge in [-0.05, 0) is 54.2 Å². The Hall–Kier alpha value is -2.87. The first-order chi connectivity index (χ1) is 16.9. The van der Waals surface area contributed by atoms with Gasteiger partial charge in [0.2, 0.25) is 5.91 Å². The smallest absolute Gasteiger partial charge is 0.266 e. The molecule has 0 saturated heterocycles. The van der Waals surface area contributed by atoms with Crippen molar-refractivity contribution in [3.63, 3.8) is 0 Å². The molecule has 7 nitrogen and oxygen atoms in total. The van der Waals surface area contributed by atoms with Crippen LogP contribution in [0.1, 0.15) is 57.8 Å². The highest BCUT2D eigenvalue weighted by Gasteiger charge is 2.37. The van der Waals surface area contributed by atoms with E-state index in [9.17, 15) is 9.59 Å². The molecule has 0 aliphatic heterocycles. The molecular formula is C27H32BrN3O4. The number of amides is 1. The molecule has 0 radical (unpaired) electrons. The van der Waals surface area contributed by atoms with Gasteiger partial charge in [-0.15, -0.1) is 0 Å². The Kier molecular flexibility index (Phi) is 7.79. The van der Waals surface area contributed by atoms with E-state index in [-0.39, 0.29) is 17.4 Å². The van der Waals surface area contributed by atoms with E-state index in [0.717, 1.165) is 32.1 Å². The third kappa shape index (κ3) is 5.08. The number of benzene rings is 2. The average Bonchev–Trinajstić information content (AvgIpc) is 3.72. The van der Waals surface area contributed by atoms with E-state index in [1.54, 1.807) is 37.0 Å². The molecule has 1 aromatic heterocycles. The first-order valence-electron chi connectivity index (χ1n) is 12.1. The third-order valence-electron chi connectivity index (χ3n) is 6.55. The Morgan fingerprint density at radius 3 is 2.60 bits per heavy atom. The molecule has 1 amide bonds. The predicted molar refractivity (Wildman–Crippen MR) is 141 cm³/mol. The second kappa shape index (κ2) is 10.8. The first kappa shape index (κ1) is 25.2. The maximum Gasteiger partial charge on any atom is 0.266 e. The van der Waals surface area contributed by atoms with E-state index in [1.807, 2.05) is 30.0 Å². The average molecular weight is 542 g/mol. The minimum absolute atomic E-state index is 0.0726. The minimum atomic E-state index is -0.402. The second-order valence-corrected chi connectivity index (χ2v) is 9.77. The fourth-order valence-corrected chi connectivity index (χ4v) is 4.95. The minimum Gasteiger partial charge on any atom is -0.497 e. The molecule has 4 rings (SSSR count). The quantitative estimate of drug-likeness (QED) is 0.310. The normalized spacial score (nSPS) is 14.1. The standard InChI is InChI=1S/C27H32BrN3O4/c1-5-6-9-14-30(26(32)18-12-13-18)17(2)25-29-21-11-8-7-10-20(21)27(33)31(25)22-15-19(34-3)16-23(35-4)24(22)28/h7-8,10-11,15-18H,5-6,9,12-14H2,1-4H3. The number of aromatic nitrogens is 2. The van der Waals surface area contributed by atoms with Crippen LogP contribution < -0.4 is 15.0 Å². The van der Waals surface area contributed by atoms with Crippen LogP contribution in [0.5, 0.6) is 11.5 Å². The molecule has 0 bridgehead atoms. The molecule has 0 spiro atoms. The molecule has 1 heterocycles. The fraction of sp³-hybridized carbons (Fsp3) is 0.444. The van der Waals surface area contributed by atoms with Gasteiger partial charge in [0.05, 0.1) is 41.3 Å². The molecule has 1 saturated carbocycles. The summed E-state index contributed by atoms with van der Waals surface area (Å²) in [6.45, 7) is 4.74. The Bertz CT molecular complexity index is 1290. The molecule has 3 aromatic rings. The van der Waals surface area contributed by atoms with Gasteiger partial charge in [0.25, 0.3) is 5.56 Å². The molecule has 2 aromatic carbocycles. The number of halogens is 1. The van der Waals surface area contributed by atoms with Crippen molar-refractivity contribution in [2.45, 2.75) is 52.0 Å². The predicted octanol–water partition coefficient (Wildman–Crippen LogP) is 5.66. The lowest BCUT2D eigenvalue weighted by Crippen LogP contribution is -2.39. The van der Waals surface area contributed by atoms with Crippen molar-refractivity contribution in [3.05, 3.63) is 57.0 Å². The Labute approximate surface area is 214 Å². The van der Waals surface area contributed by atoms with Crippen LogP contribution in [0.4, 0.5) is 0 Å². The maximum atomic E-state index is 13.9. The molecule has 8 heteroatoms. The van der Waals surface area contributed by atoms with Crippen LogP contribution in [0, 0.1) is 5.92 Å².